The maximum atomic E-state index is 13.8. The molecule has 3 heteroatoms. The second-order valence-corrected chi connectivity index (χ2v) is 6.71. The number of rotatable bonds is 5. The fraction of sp³-hybridized carbons (Fsp3) is 0.647. The van der Waals surface area contributed by atoms with E-state index in [9.17, 15) is 8.78 Å². The molecule has 0 amide bonds. The van der Waals surface area contributed by atoms with Crippen LogP contribution in [-0.4, -0.2) is 6.04 Å². The Hall–Kier alpha value is -0.960. The molecular weight excluding hydrogens is 256 g/mol. The minimum absolute atomic E-state index is 0.0487. The lowest BCUT2D eigenvalue weighted by Crippen LogP contribution is -2.42. The molecule has 2 N–H and O–H groups in total. The number of hydrogen-bond donors (Lipinski definition) is 1. The molecule has 20 heavy (non-hydrogen) atoms. The van der Waals surface area contributed by atoms with Gasteiger partial charge in [-0.25, -0.2) is 8.78 Å². The molecule has 1 unspecified atom stereocenters. The lowest BCUT2D eigenvalue weighted by Gasteiger charge is -2.37. The Labute approximate surface area is 120 Å². The van der Waals surface area contributed by atoms with Crippen LogP contribution in [0.4, 0.5) is 8.78 Å². The summed E-state index contributed by atoms with van der Waals surface area (Å²) < 4.78 is 26.8. The first kappa shape index (κ1) is 15.4. The van der Waals surface area contributed by atoms with Crippen molar-refractivity contribution in [2.75, 3.05) is 0 Å². The van der Waals surface area contributed by atoms with Crippen LogP contribution in [0, 0.1) is 23.0 Å². The van der Waals surface area contributed by atoms with E-state index in [0.29, 0.717) is 17.9 Å². The second-order valence-electron chi connectivity index (χ2n) is 6.71. The van der Waals surface area contributed by atoms with E-state index < -0.39 is 11.6 Å². The van der Waals surface area contributed by atoms with Crippen LogP contribution in [-0.2, 0) is 6.42 Å². The summed E-state index contributed by atoms with van der Waals surface area (Å²) in [5.41, 5.74) is 7.11. The van der Waals surface area contributed by atoms with Gasteiger partial charge < -0.3 is 5.73 Å². The first-order valence-electron chi connectivity index (χ1n) is 7.62. The van der Waals surface area contributed by atoms with Gasteiger partial charge >= 0.3 is 0 Å². The molecular formula is C17H25F2N. The first-order valence-corrected chi connectivity index (χ1v) is 7.62. The highest BCUT2D eigenvalue weighted by atomic mass is 19.1. The summed E-state index contributed by atoms with van der Waals surface area (Å²) >= 11 is 0. The highest BCUT2D eigenvalue weighted by Crippen LogP contribution is 2.46. The Balaban J connectivity index is 2.14. The Kier molecular flexibility index (Phi) is 4.79. The predicted octanol–water partition coefficient (Wildman–Crippen LogP) is 4.44. The van der Waals surface area contributed by atoms with E-state index in [1.807, 2.05) is 0 Å². The van der Waals surface area contributed by atoms with Gasteiger partial charge in [0.15, 0.2) is 0 Å². The van der Waals surface area contributed by atoms with Crippen LogP contribution in [0.3, 0.4) is 0 Å². The summed E-state index contributed by atoms with van der Waals surface area (Å²) in [6, 6.07) is 3.75. The predicted molar refractivity (Wildman–Crippen MR) is 78.4 cm³/mol. The van der Waals surface area contributed by atoms with Gasteiger partial charge in [-0.05, 0) is 48.6 Å². The summed E-state index contributed by atoms with van der Waals surface area (Å²) in [5.74, 6) is -0.409. The van der Waals surface area contributed by atoms with Gasteiger partial charge in [-0.2, -0.15) is 0 Å². The normalized spacial score (nSPS) is 19.5. The van der Waals surface area contributed by atoms with E-state index in [-0.39, 0.29) is 11.5 Å². The zero-order valence-corrected chi connectivity index (χ0v) is 12.5. The molecule has 1 atom stereocenters. The van der Waals surface area contributed by atoms with E-state index >= 15 is 0 Å². The molecule has 1 aromatic carbocycles. The minimum atomic E-state index is -0.530. The number of hydrogen-bond acceptors (Lipinski definition) is 1. The quantitative estimate of drug-likeness (QED) is 0.848. The SMILES string of the molecule is CC(C)CC1(C(N)Cc2ccc(F)cc2F)CCCC1. The Morgan fingerprint density at radius 2 is 1.85 bits per heavy atom. The van der Waals surface area contributed by atoms with Crippen molar-refractivity contribution in [3.63, 3.8) is 0 Å². The molecule has 1 fully saturated rings. The third-order valence-corrected chi connectivity index (χ3v) is 4.66. The third kappa shape index (κ3) is 3.38. The summed E-state index contributed by atoms with van der Waals surface area (Å²) in [5, 5.41) is 0. The molecule has 0 aromatic heterocycles. The summed E-state index contributed by atoms with van der Waals surface area (Å²) in [6.45, 7) is 4.43. The fourth-order valence-electron chi connectivity index (χ4n) is 3.76. The molecule has 1 aliphatic carbocycles. The van der Waals surface area contributed by atoms with Gasteiger partial charge in [0.25, 0.3) is 0 Å². The van der Waals surface area contributed by atoms with Crippen molar-refractivity contribution in [2.24, 2.45) is 17.1 Å². The Morgan fingerprint density at radius 3 is 2.40 bits per heavy atom. The highest BCUT2D eigenvalue weighted by Gasteiger charge is 2.39. The van der Waals surface area contributed by atoms with Gasteiger partial charge in [-0.15, -0.1) is 0 Å². The molecule has 0 heterocycles. The van der Waals surface area contributed by atoms with Crippen LogP contribution in [0.5, 0.6) is 0 Å². The average molecular weight is 281 g/mol. The van der Waals surface area contributed by atoms with Crippen LogP contribution in [0.1, 0.15) is 51.5 Å². The van der Waals surface area contributed by atoms with Crippen LogP contribution in [0.25, 0.3) is 0 Å². The van der Waals surface area contributed by atoms with Crippen molar-refractivity contribution in [3.8, 4) is 0 Å². The van der Waals surface area contributed by atoms with E-state index in [4.69, 9.17) is 5.73 Å². The average Bonchev–Trinajstić information content (AvgIpc) is 2.81. The van der Waals surface area contributed by atoms with Gasteiger partial charge in [0, 0.05) is 12.1 Å². The maximum absolute atomic E-state index is 13.8. The monoisotopic (exact) mass is 281 g/mol. The molecule has 0 radical (unpaired) electrons. The molecule has 0 bridgehead atoms. The van der Waals surface area contributed by atoms with Crippen LogP contribution in [0.2, 0.25) is 0 Å². The van der Waals surface area contributed by atoms with E-state index in [1.165, 1.54) is 25.0 Å². The van der Waals surface area contributed by atoms with Gasteiger partial charge in [0.1, 0.15) is 11.6 Å². The summed E-state index contributed by atoms with van der Waals surface area (Å²) in [6.07, 6.45) is 6.29. The topological polar surface area (TPSA) is 26.0 Å². The van der Waals surface area contributed by atoms with Gasteiger partial charge in [0.05, 0.1) is 0 Å². The minimum Gasteiger partial charge on any atom is -0.327 e. The summed E-state index contributed by atoms with van der Waals surface area (Å²) in [7, 11) is 0. The Bertz CT molecular complexity index is 450. The van der Waals surface area contributed by atoms with Crippen LogP contribution >= 0.6 is 0 Å². The van der Waals surface area contributed by atoms with Crippen LogP contribution in [0.15, 0.2) is 18.2 Å². The number of halogens is 2. The van der Waals surface area contributed by atoms with Crippen LogP contribution < -0.4 is 5.73 Å². The van der Waals surface area contributed by atoms with E-state index in [0.717, 1.165) is 25.3 Å². The molecule has 0 saturated heterocycles. The van der Waals surface area contributed by atoms with Crippen molar-refractivity contribution in [2.45, 2.75) is 58.4 Å². The second kappa shape index (κ2) is 6.21. The molecule has 0 spiro atoms. The van der Waals surface area contributed by atoms with Crippen molar-refractivity contribution in [1.29, 1.82) is 0 Å². The largest absolute Gasteiger partial charge is 0.327 e. The highest BCUT2D eigenvalue weighted by molar-refractivity contribution is 5.20. The zero-order chi connectivity index (χ0) is 14.8. The molecule has 1 aliphatic rings. The molecule has 2 rings (SSSR count). The molecule has 112 valence electrons. The number of nitrogens with two attached hydrogens (primary N) is 1. The number of benzene rings is 1. The van der Waals surface area contributed by atoms with Crippen molar-refractivity contribution < 1.29 is 8.78 Å². The molecule has 1 nitrogen and oxygen atoms in total. The fourth-order valence-corrected chi connectivity index (χ4v) is 3.76. The molecule has 0 aliphatic heterocycles. The van der Waals surface area contributed by atoms with Gasteiger partial charge in [0.2, 0.25) is 0 Å². The standard InChI is InChI=1S/C17H25F2N/c1-12(2)11-17(7-3-4-8-17)16(20)9-13-5-6-14(18)10-15(13)19/h5-6,10,12,16H,3-4,7-9,11,20H2,1-2H3. The lowest BCUT2D eigenvalue weighted by atomic mass is 9.71. The summed E-state index contributed by atoms with van der Waals surface area (Å²) in [4.78, 5) is 0. The van der Waals surface area contributed by atoms with E-state index in [1.54, 1.807) is 0 Å². The maximum Gasteiger partial charge on any atom is 0.129 e. The Morgan fingerprint density at radius 1 is 1.20 bits per heavy atom. The van der Waals surface area contributed by atoms with E-state index in [2.05, 4.69) is 13.8 Å². The smallest absolute Gasteiger partial charge is 0.129 e. The first-order chi connectivity index (χ1) is 9.43. The molecule has 1 aromatic rings. The lowest BCUT2D eigenvalue weighted by molar-refractivity contribution is 0.181. The van der Waals surface area contributed by atoms with Crippen molar-refractivity contribution in [3.05, 3.63) is 35.4 Å². The third-order valence-electron chi connectivity index (χ3n) is 4.66. The zero-order valence-electron chi connectivity index (χ0n) is 12.5. The van der Waals surface area contributed by atoms with Crippen molar-refractivity contribution >= 4 is 0 Å². The van der Waals surface area contributed by atoms with Gasteiger partial charge in [-0.3, -0.25) is 0 Å². The van der Waals surface area contributed by atoms with Crippen molar-refractivity contribution in [1.82, 2.24) is 0 Å². The molecule has 1 saturated carbocycles. The van der Waals surface area contributed by atoms with Gasteiger partial charge in [-0.1, -0.05) is 32.8 Å².